The fraction of sp³-hybridized carbons (Fsp3) is 0.857. The summed E-state index contributed by atoms with van der Waals surface area (Å²) in [6, 6.07) is 0. The SMILES string of the molecule is CC(C)(C)OC(=O)N[C@@]1(C(=O)OC(C)(C)C)CCC1OS(=O)[O-]. The van der Waals surface area contributed by atoms with Crippen molar-refractivity contribution >= 4 is 23.4 Å². The lowest BCUT2D eigenvalue weighted by Crippen LogP contribution is -2.70. The van der Waals surface area contributed by atoms with Crippen molar-refractivity contribution < 1.29 is 32.0 Å². The standard InChI is InChI=1S/C14H25NO7S/c1-12(2,3)20-10(16)14(8-7-9(14)22-23(18)19)15-11(17)21-13(4,5)6/h9H,7-8H2,1-6H3,(H,15,17)(H,18,19)/p-1/t9?,14-/m0/s1. The average Bonchev–Trinajstić information content (AvgIpc) is 2.26. The first-order valence-electron chi connectivity index (χ1n) is 7.26. The molecule has 134 valence electrons. The van der Waals surface area contributed by atoms with E-state index in [9.17, 15) is 18.4 Å². The highest BCUT2D eigenvalue weighted by atomic mass is 32.2. The van der Waals surface area contributed by atoms with Crippen LogP contribution in [-0.2, 0) is 29.8 Å². The van der Waals surface area contributed by atoms with Gasteiger partial charge in [0.05, 0.1) is 11.4 Å². The fourth-order valence-corrected chi connectivity index (χ4v) is 2.51. The molecule has 23 heavy (non-hydrogen) atoms. The second-order valence-electron chi connectivity index (χ2n) is 7.43. The van der Waals surface area contributed by atoms with Crippen LogP contribution in [0.15, 0.2) is 0 Å². The van der Waals surface area contributed by atoms with Crippen LogP contribution in [0.1, 0.15) is 54.4 Å². The summed E-state index contributed by atoms with van der Waals surface area (Å²) in [5.41, 5.74) is -3.13. The summed E-state index contributed by atoms with van der Waals surface area (Å²) >= 11 is -2.81. The Hall–Kier alpha value is -1.19. The van der Waals surface area contributed by atoms with E-state index >= 15 is 0 Å². The first-order chi connectivity index (χ1) is 10.3. The van der Waals surface area contributed by atoms with Crippen molar-refractivity contribution in [2.45, 2.75) is 77.2 Å². The normalized spacial score (nSPS) is 26.0. The van der Waals surface area contributed by atoms with Gasteiger partial charge >= 0.3 is 12.1 Å². The summed E-state index contributed by atoms with van der Waals surface area (Å²) in [6.07, 6.45) is -1.37. The van der Waals surface area contributed by atoms with Crippen LogP contribution in [0.3, 0.4) is 0 Å². The molecule has 0 heterocycles. The highest BCUT2D eigenvalue weighted by Crippen LogP contribution is 2.38. The smallest absolute Gasteiger partial charge is 0.408 e. The molecule has 0 radical (unpaired) electrons. The summed E-state index contributed by atoms with van der Waals surface area (Å²) in [4.78, 5) is 24.5. The third-order valence-electron chi connectivity index (χ3n) is 3.03. The number of hydrogen-bond donors (Lipinski definition) is 1. The second-order valence-corrected chi connectivity index (χ2v) is 8.03. The molecule has 0 aromatic heterocycles. The molecule has 1 aliphatic rings. The largest absolute Gasteiger partial charge is 0.750 e. The molecule has 3 atom stereocenters. The maximum absolute atomic E-state index is 12.5. The van der Waals surface area contributed by atoms with Crippen molar-refractivity contribution in [3.8, 4) is 0 Å². The Bertz CT molecular complexity index is 494. The molecule has 1 amide bonds. The van der Waals surface area contributed by atoms with Crippen molar-refractivity contribution in [1.29, 1.82) is 0 Å². The van der Waals surface area contributed by atoms with Gasteiger partial charge in [-0.2, -0.15) is 0 Å². The molecule has 0 spiro atoms. The van der Waals surface area contributed by atoms with Gasteiger partial charge in [0.15, 0.2) is 5.54 Å². The molecular formula is C14H24NO7S-. The van der Waals surface area contributed by atoms with E-state index in [1.165, 1.54) is 0 Å². The Morgan fingerprint density at radius 3 is 2.00 bits per heavy atom. The van der Waals surface area contributed by atoms with Crippen LogP contribution in [0.25, 0.3) is 0 Å². The minimum absolute atomic E-state index is 0.197. The quantitative estimate of drug-likeness (QED) is 0.604. The van der Waals surface area contributed by atoms with Crippen molar-refractivity contribution in [1.82, 2.24) is 5.32 Å². The van der Waals surface area contributed by atoms with Crippen LogP contribution in [0.5, 0.6) is 0 Å². The molecule has 1 N–H and O–H groups in total. The average molecular weight is 350 g/mol. The van der Waals surface area contributed by atoms with Crippen LogP contribution < -0.4 is 5.32 Å². The molecule has 1 fully saturated rings. The molecule has 0 saturated heterocycles. The third kappa shape index (κ3) is 5.74. The Labute approximate surface area is 138 Å². The molecule has 1 saturated carbocycles. The van der Waals surface area contributed by atoms with E-state index in [4.69, 9.17) is 13.7 Å². The maximum Gasteiger partial charge on any atom is 0.408 e. The Kier molecular flexibility index (Phi) is 5.82. The molecule has 8 nitrogen and oxygen atoms in total. The number of ether oxygens (including phenoxy) is 2. The molecule has 0 aliphatic heterocycles. The van der Waals surface area contributed by atoms with Gasteiger partial charge in [0, 0.05) is 0 Å². The number of alkyl carbamates (subject to hydrolysis) is 1. The van der Waals surface area contributed by atoms with Crippen LogP contribution in [-0.4, -0.2) is 43.7 Å². The molecule has 0 aromatic rings. The number of hydrogen-bond acceptors (Lipinski definition) is 7. The second kappa shape index (κ2) is 6.74. The summed E-state index contributed by atoms with van der Waals surface area (Å²) in [6.45, 7) is 10.0. The lowest BCUT2D eigenvalue weighted by atomic mass is 9.73. The van der Waals surface area contributed by atoms with Gasteiger partial charge in [0.25, 0.3) is 0 Å². The number of carbonyl (C=O) groups is 2. The monoisotopic (exact) mass is 350 g/mol. The maximum atomic E-state index is 12.5. The zero-order valence-electron chi connectivity index (χ0n) is 14.3. The number of esters is 1. The Morgan fingerprint density at radius 1 is 1.13 bits per heavy atom. The number of nitrogens with one attached hydrogen (secondary N) is 1. The molecule has 0 aromatic carbocycles. The zero-order valence-corrected chi connectivity index (χ0v) is 15.1. The zero-order chi connectivity index (χ0) is 18.1. The summed E-state index contributed by atoms with van der Waals surface area (Å²) < 4.78 is 36.7. The lowest BCUT2D eigenvalue weighted by Gasteiger charge is -2.47. The molecule has 1 rings (SSSR count). The van der Waals surface area contributed by atoms with Crippen LogP contribution in [0, 0.1) is 0 Å². The highest BCUT2D eigenvalue weighted by molar-refractivity contribution is 7.74. The van der Waals surface area contributed by atoms with E-state index in [-0.39, 0.29) is 6.42 Å². The molecule has 9 heteroatoms. The third-order valence-corrected chi connectivity index (χ3v) is 3.42. The fourth-order valence-electron chi connectivity index (χ4n) is 2.06. The lowest BCUT2D eigenvalue weighted by molar-refractivity contribution is -0.174. The van der Waals surface area contributed by atoms with Crippen LogP contribution >= 0.6 is 0 Å². The number of amides is 1. The van der Waals surface area contributed by atoms with Gasteiger partial charge in [-0.25, -0.2) is 13.8 Å². The van der Waals surface area contributed by atoms with Gasteiger partial charge in [0.1, 0.15) is 17.3 Å². The number of rotatable bonds is 4. The van der Waals surface area contributed by atoms with Gasteiger partial charge in [-0.1, -0.05) is 0 Å². The van der Waals surface area contributed by atoms with Crippen LogP contribution in [0.4, 0.5) is 4.79 Å². The summed E-state index contributed by atoms with van der Waals surface area (Å²) in [5.74, 6) is -0.752. The first-order valence-corrected chi connectivity index (χ1v) is 8.26. The van der Waals surface area contributed by atoms with Crippen LogP contribution in [0.2, 0.25) is 0 Å². The van der Waals surface area contributed by atoms with E-state index in [0.29, 0.717) is 6.42 Å². The van der Waals surface area contributed by atoms with Crippen molar-refractivity contribution in [2.24, 2.45) is 0 Å². The highest BCUT2D eigenvalue weighted by Gasteiger charge is 2.58. The predicted octanol–water partition coefficient (Wildman–Crippen LogP) is 1.56. The van der Waals surface area contributed by atoms with E-state index in [1.807, 2.05) is 0 Å². The topological polar surface area (TPSA) is 114 Å². The molecule has 1 aliphatic carbocycles. The molecule has 2 unspecified atom stereocenters. The van der Waals surface area contributed by atoms with Crippen molar-refractivity contribution in [3.63, 3.8) is 0 Å². The van der Waals surface area contributed by atoms with Gasteiger partial charge in [-0.15, -0.1) is 0 Å². The summed E-state index contributed by atoms with van der Waals surface area (Å²) in [5, 5.41) is 2.43. The molecular weight excluding hydrogens is 326 g/mol. The minimum atomic E-state index is -2.81. The molecule has 0 bridgehead atoms. The van der Waals surface area contributed by atoms with Gasteiger partial charge in [-0.3, -0.25) is 4.18 Å². The Morgan fingerprint density at radius 2 is 1.65 bits per heavy atom. The Balaban J connectivity index is 2.96. The van der Waals surface area contributed by atoms with E-state index < -0.39 is 46.3 Å². The van der Waals surface area contributed by atoms with Gasteiger partial charge < -0.3 is 19.3 Å². The van der Waals surface area contributed by atoms with Crippen molar-refractivity contribution in [2.75, 3.05) is 0 Å². The van der Waals surface area contributed by atoms with E-state index in [0.717, 1.165) is 0 Å². The number of carbonyl (C=O) groups excluding carboxylic acids is 2. The predicted molar refractivity (Wildman–Crippen MR) is 81.0 cm³/mol. The van der Waals surface area contributed by atoms with Gasteiger partial charge in [-0.05, 0) is 54.4 Å². The minimum Gasteiger partial charge on any atom is -0.750 e. The summed E-state index contributed by atoms with van der Waals surface area (Å²) in [7, 11) is 0. The first kappa shape index (κ1) is 19.9. The van der Waals surface area contributed by atoms with E-state index in [2.05, 4.69) is 5.32 Å². The van der Waals surface area contributed by atoms with E-state index in [1.54, 1.807) is 41.5 Å². The van der Waals surface area contributed by atoms with Crippen molar-refractivity contribution in [3.05, 3.63) is 0 Å². The van der Waals surface area contributed by atoms with Gasteiger partial charge in [0.2, 0.25) is 0 Å².